The van der Waals surface area contributed by atoms with E-state index in [0.717, 1.165) is 38.2 Å². The van der Waals surface area contributed by atoms with Crippen LogP contribution in [0.15, 0.2) is 78.9 Å². The van der Waals surface area contributed by atoms with E-state index in [1.54, 1.807) is 0 Å². The second-order valence-corrected chi connectivity index (χ2v) is 11.1. The lowest BCUT2D eigenvalue weighted by Gasteiger charge is -2.32. The Morgan fingerprint density at radius 1 is 0.706 bits per heavy atom. The van der Waals surface area contributed by atoms with Crippen LogP contribution in [0.4, 0.5) is 17.6 Å². The van der Waals surface area contributed by atoms with Crippen LogP contribution in [0.1, 0.15) is 51.0 Å². The Hall–Kier alpha value is -2.64. The first kappa shape index (κ1) is 26.0. The van der Waals surface area contributed by atoms with Crippen molar-refractivity contribution in [2.45, 2.75) is 51.6 Å². The molecule has 0 heterocycles. The Bertz CT molecular complexity index is 971. The van der Waals surface area contributed by atoms with Gasteiger partial charge in [-0.05, 0) is 18.6 Å². The molecule has 0 amide bonds. The van der Waals surface area contributed by atoms with Crippen molar-refractivity contribution in [2.24, 2.45) is 0 Å². The predicted molar refractivity (Wildman–Crippen MR) is 129 cm³/mol. The van der Waals surface area contributed by atoms with Crippen LogP contribution >= 0.6 is 0 Å². The number of benzene rings is 3. The summed E-state index contributed by atoms with van der Waals surface area (Å²) in [7, 11) is -3.58. The van der Waals surface area contributed by atoms with Gasteiger partial charge in [0.1, 0.15) is 5.75 Å². The van der Waals surface area contributed by atoms with Gasteiger partial charge in [0, 0.05) is 17.0 Å². The maximum absolute atomic E-state index is 15.0. The summed E-state index contributed by atoms with van der Waals surface area (Å²) in [6, 6.07) is 21.4. The van der Waals surface area contributed by atoms with E-state index >= 15 is 4.39 Å². The maximum Gasteiger partial charge on any atom is 0.468 e. The molecule has 182 valence electrons. The normalized spacial score (nSPS) is 12.0. The van der Waals surface area contributed by atoms with Crippen molar-refractivity contribution in [2.75, 3.05) is 6.61 Å². The Labute approximate surface area is 199 Å². The van der Waals surface area contributed by atoms with Gasteiger partial charge in [-0.1, -0.05) is 106 Å². The van der Waals surface area contributed by atoms with Crippen molar-refractivity contribution in [3.63, 3.8) is 0 Å². The molecule has 3 aromatic carbocycles. The van der Waals surface area contributed by atoms with Crippen LogP contribution in [0.25, 0.3) is 0 Å². The van der Waals surface area contributed by atoms with Gasteiger partial charge < -0.3 is 8.85 Å². The minimum Gasteiger partial charge on any atom is -0.511 e. The number of hydrogen-bond acceptors (Lipinski definition) is 2. The first-order valence-electron chi connectivity index (χ1n) is 11.7. The highest BCUT2D eigenvalue weighted by atomic mass is 28.4. The number of rotatable bonds is 12. The van der Waals surface area contributed by atoms with Gasteiger partial charge in [-0.3, -0.25) is 0 Å². The molecule has 0 saturated carbocycles. The number of halogens is 4. The molecule has 3 rings (SSSR count). The number of alkyl halides is 3. The standard InChI is InChI=1S/C27H30F4O2Si/c1-2-3-4-5-6-13-21-32-34(22-15-9-7-10-16-22,23-17-11-8-12-18-23)33-25-20-14-19-24(26(25)28)27(29,30)31/h7-12,14-20H,2-6,13,21H2,1H3. The average molecular weight is 491 g/mol. The molecule has 0 aromatic heterocycles. The molecule has 34 heavy (non-hydrogen) atoms. The van der Waals surface area contributed by atoms with E-state index < -0.39 is 31.9 Å². The molecule has 0 atom stereocenters. The van der Waals surface area contributed by atoms with Crippen molar-refractivity contribution >= 4 is 18.9 Å². The molecular formula is C27H30F4O2Si. The first-order valence-corrected chi connectivity index (χ1v) is 13.5. The van der Waals surface area contributed by atoms with Crippen LogP contribution in [-0.4, -0.2) is 15.2 Å². The van der Waals surface area contributed by atoms with Crippen molar-refractivity contribution in [3.8, 4) is 5.75 Å². The van der Waals surface area contributed by atoms with Crippen molar-refractivity contribution < 1.29 is 26.4 Å². The van der Waals surface area contributed by atoms with E-state index in [9.17, 15) is 13.2 Å². The van der Waals surface area contributed by atoms with E-state index in [1.807, 2.05) is 60.7 Å². The molecule has 0 aliphatic heterocycles. The van der Waals surface area contributed by atoms with Crippen LogP contribution in [0.5, 0.6) is 5.75 Å². The van der Waals surface area contributed by atoms with Crippen molar-refractivity contribution in [1.82, 2.24) is 0 Å². The second kappa shape index (κ2) is 12.2. The molecule has 0 unspecified atom stereocenters. The van der Waals surface area contributed by atoms with E-state index in [4.69, 9.17) is 8.85 Å². The van der Waals surface area contributed by atoms with E-state index in [0.29, 0.717) is 23.0 Å². The van der Waals surface area contributed by atoms with Gasteiger partial charge in [0.05, 0.1) is 5.56 Å². The Balaban J connectivity index is 1.99. The molecule has 0 N–H and O–H groups in total. The monoisotopic (exact) mass is 490 g/mol. The second-order valence-electron chi connectivity index (χ2n) is 8.18. The highest BCUT2D eigenvalue weighted by molar-refractivity contribution is 6.93. The molecule has 7 heteroatoms. The Morgan fingerprint density at radius 3 is 1.82 bits per heavy atom. The SMILES string of the molecule is CCCCCCCCO[Si](Oc1cccc(C(F)(F)F)c1F)(c1ccccc1)c1ccccc1. The molecular weight excluding hydrogens is 460 g/mol. The number of unbranched alkanes of at least 4 members (excludes halogenated alkanes) is 5. The smallest absolute Gasteiger partial charge is 0.468 e. The van der Waals surface area contributed by atoms with E-state index in [2.05, 4.69) is 6.92 Å². The van der Waals surface area contributed by atoms with Gasteiger partial charge in [-0.25, -0.2) is 4.39 Å². The average Bonchev–Trinajstić information content (AvgIpc) is 2.84. The van der Waals surface area contributed by atoms with Crippen molar-refractivity contribution in [3.05, 3.63) is 90.2 Å². The topological polar surface area (TPSA) is 18.5 Å². The Morgan fingerprint density at radius 2 is 1.26 bits per heavy atom. The molecule has 0 aliphatic rings. The zero-order valence-electron chi connectivity index (χ0n) is 19.3. The molecule has 0 spiro atoms. The summed E-state index contributed by atoms with van der Waals surface area (Å²) in [5.41, 5.74) is -1.36. The number of hydrogen-bond donors (Lipinski definition) is 0. The van der Waals surface area contributed by atoms with Crippen LogP contribution < -0.4 is 14.8 Å². The highest BCUT2D eigenvalue weighted by Gasteiger charge is 2.46. The maximum atomic E-state index is 15.0. The Kier molecular flexibility index (Phi) is 9.30. The quantitative estimate of drug-likeness (QED) is 0.157. The summed E-state index contributed by atoms with van der Waals surface area (Å²) in [5.74, 6) is -1.89. The van der Waals surface area contributed by atoms with Crippen LogP contribution in [-0.2, 0) is 10.6 Å². The van der Waals surface area contributed by atoms with Crippen LogP contribution in [0.3, 0.4) is 0 Å². The summed E-state index contributed by atoms with van der Waals surface area (Å²) < 4.78 is 67.8. The van der Waals surface area contributed by atoms with Gasteiger partial charge in [0.2, 0.25) is 0 Å². The highest BCUT2D eigenvalue weighted by Crippen LogP contribution is 2.35. The third kappa shape index (κ3) is 6.48. The molecule has 0 fully saturated rings. The molecule has 0 bridgehead atoms. The zero-order chi connectivity index (χ0) is 24.4. The third-order valence-corrected chi connectivity index (χ3v) is 8.94. The first-order chi connectivity index (χ1) is 16.4. The van der Waals surface area contributed by atoms with Crippen LogP contribution in [0.2, 0.25) is 0 Å². The molecule has 2 nitrogen and oxygen atoms in total. The van der Waals surface area contributed by atoms with Gasteiger partial charge in [0.15, 0.2) is 5.82 Å². The summed E-state index contributed by atoms with van der Waals surface area (Å²) in [6.45, 7) is 2.52. The fourth-order valence-electron chi connectivity index (χ4n) is 3.86. The lowest BCUT2D eigenvalue weighted by Crippen LogP contribution is -2.66. The molecule has 3 aromatic rings. The summed E-state index contributed by atoms with van der Waals surface area (Å²) in [6.07, 6.45) is 1.52. The van der Waals surface area contributed by atoms with Gasteiger partial charge >= 0.3 is 14.7 Å². The predicted octanol–water partition coefficient (Wildman–Crippen LogP) is 6.86. The molecule has 0 aliphatic carbocycles. The van der Waals surface area contributed by atoms with E-state index in [1.165, 1.54) is 12.5 Å². The summed E-state index contributed by atoms with van der Waals surface area (Å²) >= 11 is 0. The minimum absolute atomic E-state index is 0.364. The minimum atomic E-state index is -4.83. The van der Waals surface area contributed by atoms with Gasteiger partial charge in [-0.2, -0.15) is 13.2 Å². The van der Waals surface area contributed by atoms with Gasteiger partial charge in [-0.15, -0.1) is 0 Å². The lowest BCUT2D eigenvalue weighted by atomic mass is 10.1. The van der Waals surface area contributed by atoms with Crippen molar-refractivity contribution in [1.29, 1.82) is 0 Å². The largest absolute Gasteiger partial charge is 0.511 e. The van der Waals surface area contributed by atoms with Crippen LogP contribution in [0, 0.1) is 5.82 Å². The molecule has 0 radical (unpaired) electrons. The molecule has 0 saturated heterocycles. The summed E-state index contributed by atoms with van der Waals surface area (Å²) in [5, 5.41) is 1.40. The lowest BCUT2D eigenvalue weighted by molar-refractivity contribution is -0.140. The van der Waals surface area contributed by atoms with Gasteiger partial charge in [0.25, 0.3) is 0 Å². The summed E-state index contributed by atoms with van der Waals surface area (Å²) in [4.78, 5) is 0. The zero-order valence-corrected chi connectivity index (χ0v) is 20.3. The van der Waals surface area contributed by atoms with E-state index in [-0.39, 0.29) is 0 Å². The fourth-order valence-corrected chi connectivity index (χ4v) is 6.98. The third-order valence-electron chi connectivity index (χ3n) is 5.63. The fraction of sp³-hybridized carbons (Fsp3) is 0.333.